The maximum atomic E-state index is 13.4. The van der Waals surface area contributed by atoms with E-state index in [1.165, 1.54) is 0 Å². The van der Waals surface area contributed by atoms with E-state index in [0.717, 1.165) is 45.7 Å². The van der Waals surface area contributed by atoms with Gasteiger partial charge < -0.3 is 15.0 Å². The van der Waals surface area contributed by atoms with Gasteiger partial charge in [-0.3, -0.25) is 23.8 Å². The number of carbonyl (C=O) groups excluding carboxylic acids is 2. The summed E-state index contributed by atoms with van der Waals surface area (Å²) < 4.78 is 7.69. The van der Waals surface area contributed by atoms with E-state index < -0.39 is 6.10 Å². The first-order valence-corrected chi connectivity index (χ1v) is 12.3. The predicted molar refractivity (Wildman–Crippen MR) is 139 cm³/mol. The minimum absolute atomic E-state index is 0.0804. The molecule has 0 radical (unpaired) electrons. The molecule has 4 heterocycles. The van der Waals surface area contributed by atoms with E-state index in [2.05, 4.69) is 10.3 Å². The molecule has 1 unspecified atom stereocenters. The number of nitrogens with zero attached hydrogens (tertiary/aromatic N) is 3. The van der Waals surface area contributed by atoms with Crippen molar-refractivity contribution < 1.29 is 14.3 Å². The Bertz CT molecular complexity index is 1690. The Balaban J connectivity index is 1.25. The highest BCUT2D eigenvalue weighted by Crippen LogP contribution is 2.34. The number of aromatic nitrogens is 2. The highest BCUT2D eigenvalue weighted by atomic mass is 16.5. The number of fused-ring (bicyclic) bond motifs is 5. The topological polar surface area (TPSA) is 93.0 Å². The minimum Gasteiger partial charge on any atom is -0.481 e. The van der Waals surface area contributed by atoms with E-state index in [9.17, 15) is 14.4 Å². The number of hydrogen-bond acceptors (Lipinski definition) is 5. The maximum absolute atomic E-state index is 13.4. The molecule has 1 aliphatic rings. The van der Waals surface area contributed by atoms with Crippen molar-refractivity contribution in [3.8, 4) is 5.75 Å². The first kappa shape index (κ1) is 22.3. The van der Waals surface area contributed by atoms with Crippen molar-refractivity contribution in [1.82, 2.24) is 19.6 Å². The summed E-state index contributed by atoms with van der Waals surface area (Å²) in [4.78, 5) is 44.1. The second-order valence-electron chi connectivity index (χ2n) is 9.31. The molecule has 1 N–H and O–H groups in total. The largest absolute Gasteiger partial charge is 0.481 e. The summed E-state index contributed by atoms with van der Waals surface area (Å²) in [6.07, 6.45) is 3.32. The van der Waals surface area contributed by atoms with Crippen molar-refractivity contribution in [2.45, 2.75) is 32.3 Å². The average Bonchev–Trinajstić information content (AvgIpc) is 3.46. The van der Waals surface area contributed by atoms with Gasteiger partial charge in [0.2, 0.25) is 5.91 Å². The molecule has 3 aromatic heterocycles. The molecule has 36 heavy (non-hydrogen) atoms. The van der Waals surface area contributed by atoms with Crippen LogP contribution >= 0.6 is 0 Å². The predicted octanol–water partition coefficient (Wildman–Crippen LogP) is 3.49. The zero-order chi connectivity index (χ0) is 24.8. The molecule has 5 aromatic rings. The van der Waals surface area contributed by atoms with Gasteiger partial charge in [0.25, 0.3) is 11.5 Å². The molecule has 6 rings (SSSR count). The summed E-state index contributed by atoms with van der Waals surface area (Å²) in [6.45, 7) is 3.67. The van der Waals surface area contributed by atoms with Gasteiger partial charge in [0.05, 0.1) is 16.6 Å². The number of pyridine rings is 2. The van der Waals surface area contributed by atoms with Crippen LogP contribution in [0.2, 0.25) is 0 Å². The minimum atomic E-state index is -0.692. The van der Waals surface area contributed by atoms with Crippen LogP contribution in [0.4, 0.5) is 0 Å². The molecule has 0 aliphatic carbocycles. The lowest BCUT2D eigenvalue weighted by molar-refractivity contribution is -0.127. The smallest absolute Gasteiger partial charge is 0.263 e. The van der Waals surface area contributed by atoms with Gasteiger partial charge in [0, 0.05) is 53.8 Å². The van der Waals surface area contributed by atoms with Crippen LogP contribution in [0.15, 0.2) is 59.5 Å². The van der Waals surface area contributed by atoms with E-state index in [-0.39, 0.29) is 17.4 Å². The van der Waals surface area contributed by atoms with Crippen LogP contribution in [0.3, 0.4) is 0 Å². The number of hydrogen-bond donors (Lipinski definition) is 1. The second kappa shape index (κ2) is 8.78. The van der Waals surface area contributed by atoms with Gasteiger partial charge in [-0.15, -0.1) is 0 Å². The number of nitrogens with one attached hydrogen (secondary N) is 1. The number of likely N-dealkylation sites (tertiary alicyclic amines) is 1. The quantitative estimate of drug-likeness (QED) is 0.283. The second-order valence-corrected chi connectivity index (χ2v) is 9.31. The molecular weight excluding hydrogens is 456 g/mol. The van der Waals surface area contributed by atoms with E-state index in [4.69, 9.17) is 4.74 Å². The van der Waals surface area contributed by atoms with Crippen LogP contribution in [-0.4, -0.2) is 51.8 Å². The molecule has 8 heteroatoms. The Morgan fingerprint density at radius 3 is 2.72 bits per heavy atom. The Morgan fingerprint density at radius 2 is 1.92 bits per heavy atom. The van der Waals surface area contributed by atoms with E-state index in [1.54, 1.807) is 23.6 Å². The molecule has 182 valence electrons. The van der Waals surface area contributed by atoms with E-state index in [0.29, 0.717) is 37.1 Å². The SMILES string of the molecule is CC(Oc1ccc2c(c1)c1ccnc3c4ccccc4c(=O)n2c13)C(=O)NCCCN1CCCC1=O. The Morgan fingerprint density at radius 1 is 1.08 bits per heavy atom. The molecule has 0 bridgehead atoms. The summed E-state index contributed by atoms with van der Waals surface area (Å²) >= 11 is 0. The van der Waals surface area contributed by atoms with Gasteiger partial charge >= 0.3 is 0 Å². The van der Waals surface area contributed by atoms with Gasteiger partial charge in [-0.1, -0.05) is 18.2 Å². The van der Waals surface area contributed by atoms with Crippen LogP contribution < -0.4 is 15.6 Å². The normalized spacial score (nSPS) is 14.9. The summed E-state index contributed by atoms with van der Waals surface area (Å²) in [6, 6.07) is 15.0. The van der Waals surface area contributed by atoms with Gasteiger partial charge in [-0.05, 0) is 50.1 Å². The van der Waals surface area contributed by atoms with Crippen molar-refractivity contribution in [3.05, 3.63) is 65.1 Å². The fourth-order valence-corrected chi connectivity index (χ4v) is 5.25. The number of carbonyl (C=O) groups is 2. The Labute approximate surface area is 206 Å². The van der Waals surface area contributed by atoms with Crippen molar-refractivity contribution in [2.24, 2.45) is 0 Å². The van der Waals surface area contributed by atoms with E-state index in [1.807, 2.05) is 47.4 Å². The highest BCUT2D eigenvalue weighted by molar-refractivity contribution is 6.18. The average molecular weight is 483 g/mol. The molecule has 8 nitrogen and oxygen atoms in total. The van der Waals surface area contributed by atoms with Gasteiger partial charge in [0.1, 0.15) is 5.75 Å². The van der Waals surface area contributed by atoms with Gasteiger partial charge in [-0.25, -0.2) is 0 Å². The molecule has 0 saturated carbocycles. The van der Waals surface area contributed by atoms with Crippen molar-refractivity contribution >= 4 is 49.9 Å². The molecule has 0 spiro atoms. The highest BCUT2D eigenvalue weighted by Gasteiger charge is 2.21. The number of ether oxygens (including phenoxy) is 1. The van der Waals surface area contributed by atoms with Gasteiger partial charge in [-0.2, -0.15) is 0 Å². The first-order valence-electron chi connectivity index (χ1n) is 12.3. The maximum Gasteiger partial charge on any atom is 0.263 e. The zero-order valence-corrected chi connectivity index (χ0v) is 20.0. The molecule has 2 amide bonds. The molecule has 1 saturated heterocycles. The van der Waals surface area contributed by atoms with Crippen molar-refractivity contribution in [2.75, 3.05) is 19.6 Å². The molecule has 1 fully saturated rings. The molecule has 1 atom stereocenters. The van der Waals surface area contributed by atoms with Crippen molar-refractivity contribution in [1.29, 1.82) is 0 Å². The standard InChI is InChI=1S/C28H26N4O4/c1-17(27(34)30-12-5-15-31-14-4-8-24(31)33)36-18-9-10-23-22(16-18)20-11-13-29-25-19-6-2-3-7-21(19)28(35)32(23)26(20)25/h2-3,6-7,9-11,13,16-17H,4-5,8,12,14-15H2,1H3,(H,30,34). The third-order valence-electron chi connectivity index (χ3n) is 7.02. The third kappa shape index (κ3) is 3.61. The zero-order valence-electron chi connectivity index (χ0n) is 20.0. The summed E-state index contributed by atoms with van der Waals surface area (Å²) in [5.41, 5.74) is 2.27. The molecular formula is C28H26N4O4. The van der Waals surface area contributed by atoms with Crippen LogP contribution in [0.25, 0.3) is 38.1 Å². The number of amides is 2. The lowest BCUT2D eigenvalue weighted by atomic mass is 10.1. The fourth-order valence-electron chi connectivity index (χ4n) is 5.25. The molecule has 1 aliphatic heterocycles. The Kier molecular flexibility index (Phi) is 5.44. The number of rotatable bonds is 7. The van der Waals surface area contributed by atoms with Crippen LogP contribution in [0, 0.1) is 0 Å². The fraction of sp³-hybridized carbons (Fsp3) is 0.286. The number of benzene rings is 2. The monoisotopic (exact) mass is 482 g/mol. The van der Waals surface area contributed by atoms with Crippen LogP contribution in [0.5, 0.6) is 5.75 Å². The van der Waals surface area contributed by atoms with Crippen LogP contribution in [0.1, 0.15) is 26.2 Å². The Hall–Kier alpha value is -4.20. The summed E-state index contributed by atoms with van der Waals surface area (Å²) in [5, 5.41) is 6.14. The third-order valence-corrected chi connectivity index (χ3v) is 7.02. The van der Waals surface area contributed by atoms with E-state index >= 15 is 0 Å². The lowest BCUT2D eigenvalue weighted by Gasteiger charge is -2.17. The van der Waals surface area contributed by atoms with Crippen molar-refractivity contribution in [3.63, 3.8) is 0 Å². The molecule has 2 aromatic carbocycles. The van der Waals surface area contributed by atoms with Crippen LogP contribution in [-0.2, 0) is 9.59 Å². The summed E-state index contributed by atoms with van der Waals surface area (Å²) in [5.74, 6) is 0.536. The lowest BCUT2D eigenvalue weighted by Crippen LogP contribution is -2.38. The summed E-state index contributed by atoms with van der Waals surface area (Å²) in [7, 11) is 0. The van der Waals surface area contributed by atoms with Gasteiger partial charge in [0.15, 0.2) is 6.10 Å². The first-order chi connectivity index (χ1) is 17.5.